The van der Waals surface area contributed by atoms with Crippen LogP contribution in [0.1, 0.15) is 25.3 Å². The molecule has 1 aromatic carbocycles. The van der Waals surface area contributed by atoms with Crippen molar-refractivity contribution in [1.82, 2.24) is 4.90 Å². The molecule has 20 heavy (non-hydrogen) atoms. The SMILES string of the molecule is Cc1cc(Cl)ccc1OC(C)C(=O)N1CCC[C@H]1CO. The van der Waals surface area contributed by atoms with Crippen LogP contribution in [-0.4, -0.2) is 41.2 Å². The quantitative estimate of drug-likeness (QED) is 0.928. The number of ether oxygens (including phenoxy) is 1. The van der Waals surface area contributed by atoms with Crippen LogP contribution in [0.15, 0.2) is 18.2 Å². The van der Waals surface area contributed by atoms with Crippen molar-refractivity contribution in [3.63, 3.8) is 0 Å². The highest BCUT2D eigenvalue weighted by Gasteiger charge is 2.31. The van der Waals surface area contributed by atoms with E-state index in [4.69, 9.17) is 16.3 Å². The van der Waals surface area contributed by atoms with E-state index in [0.29, 0.717) is 17.3 Å². The van der Waals surface area contributed by atoms with Gasteiger partial charge >= 0.3 is 0 Å². The zero-order chi connectivity index (χ0) is 14.7. The minimum absolute atomic E-state index is 0.0123. The van der Waals surface area contributed by atoms with Crippen LogP contribution in [0.2, 0.25) is 5.02 Å². The fourth-order valence-corrected chi connectivity index (χ4v) is 2.76. The number of benzene rings is 1. The lowest BCUT2D eigenvalue weighted by atomic mass is 10.2. The highest BCUT2D eigenvalue weighted by molar-refractivity contribution is 6.30. The summed E-state index contributed by atoms with van der Waals surface area (Å²) in [5.74, 6) is 0.589. The topological polar surface area (TPSA) is 49.8 Å². The van der Waals surface area contributed by atoms with Gasteiger partial charge in [-0.1, -0.05) is 11.6 Å². The standard InChI is InChI=1S/C15H20ClNO3/c1-10-8-12(16)5-6-14(10)20-11(2)15(19)17-7-3-4-13(17)9-18/h5-6,8,11,13,18H,3-4,7,9H2,1-2H3/t11?,13-/m0/s1. The summed E-state index contributed by atoms with van der Waals surface area (Å²) < 4.78 is 5.74. The predicted molar refractivity (Wildman–Crippen MR) is 78.1 cm³/mol. The Labute approximate surface area is 124 Å². The summed E-state index contributed by atoms with van der Waals surface area (Å²) in [5, 5.41) is 9.93. The number of carbonyl (C=O) groups excluding carboxylic acids is 1. The van der Waals surface area contributed by atoms with E-state index in [-0.39, 0.29) is 18.6 Å². The molecule has 1 fully saturated rings. The van der Waals surface area contributed by atoms with E-state index >= 15 is 0 Å². The molecule has 1 aliphatic heterocycles. The lowest BCUT2D eigenvalue weighted by Crippen LogP contribution is -2.44. The molecule has 1 saturated heterocycles. The Hall–Kier alpha value is -1.26. The van der Waals surface area contributed by atoms with E-state index in [9.17, 15) is 9.90 Å². The van der Waals surface area contributed by atoms with Gasteiger partial charge in [-0.3, -0.25) is 4.79 Å². The van der Waals surface area contributed by atoms with Crippen molar-refractivity contribution in [3.8, 4) is 5.75 Å². The van der Waals surface area contributed by atoms with E-state index in [1.807, 2.05) is 6.92 Å². The number of aliphatic hydroxyl groups excluding tert-OH is 1. The smallest absolute Gasteiger partial charge is 0.263 e. The van der Waals surface area contributed by atoms with Crippen molar-refractivity contribution in [3.05, 3.63) is 28.8 Å². The number of rotatable bonds is 4. The molecular weight excluding hydrogens is 278 g/mol. The Morgan fingerprint density at radius 3 is 3.00 bits per heavy atom. The van der Waals surface area contributed by atoms with Gasteiger partial charge in [0.1, 0.15) is 5.75 Å². The molecule has 1 amide bonds. The molecule has 0 aliphatic carbocycles. The molecular formula is C15H20ClNO3. The maximum absolute atomic E-state index is 12.4. The average Bonchev–Trinajstić information content (AvgIpc) is 2.89. The highest BCUT2D eigenvalue weighted by Crippen LogP contribution is 2.24. The first kappa shape index (κ1) is 15.1. The maximum atomic E-state index is 12.4. The Kier molecular flexibility index (Phi) is 4.89. The molecule has 5 heteroatoms. The normalized spacial score (nSPS) is 20.0. The molecule has 1 N–H and O–H groups in total. The van der Waals surface area contributed by atoms with Crippen molar-refractivity contribution in [2.24, 2.45) is 0 Å². The number of likely N-dealkylation sites (tertiary alicyclic amines) is 1. The van der Waals surface area contributed by atoms with Gasteiger partial charge in [0.25, 0.3) is 5.91 Å². The van der Waals surface area contributed by atoms with Crippen molar-refractivity contribution >= 4 is 17.5 Å². The number of aryl methyl sites for hydroxylation is 1. The van der Waals surface area contributed by atoms with Crippen molar-refractivity contribution in [2.45, 2.75) is 38.8 Å². The fraction of sp³-hybridized carbons (Fsp3) is 0.533. The molecule has 1 aromatic rings. The zero-order valence-electron chi connectivity index (χ0n) is 11.8. The first-order valence-corrected chi connectivity index (χ1v) is 7.25. The Bertz CT molecular complexity index is 492. The van der Waals surface area contributed by atoms with Crippen LogP contribution >= 0.6 is 11.6 Å². The van der Waals surface area contributed by atoms with E-state index in [0.717, 1.165) is 18.4 Å². The minimum atomic E-state index is -0.568. The predicted octanol–water partition coefficient (Wildman–Crippen LogP) is 2.40. The molecule has 1 heterocycles. The molecule has 4 nitrogen and oxygen atoms in total. The Morgan fingerprint density at radius 2 is 2.35 bits per heavy atom. The lowest BCUT2D eigenvalue weighted by molar-refractivity contribution is -0.139. The van der Waals surface area contributed by atoms with E-state index in [2.05, 4.69) is 0 Å². The molecule has 2 rings (SSSR count). The van der Waals surface area contributed by atoms with Gasteiger partial charge in [-0.25, -0.2) is 0 Å². The fourth-order valence-electron chi connectivity index (χ4n) is 2.54. The van der Waals surface area contributed by atoms with Gasteiger partial charge in [0, 0.05) is 11.6 Å². The van der Waals surface area contributed by atoms with Crippen molar-refractivity contribution < 1.29 is 14.6 Å². The Balaban J connectivity index is 2.04. The summed E-state index contributed by atoms with van der Waals surface area (Å²) in [6, 6.07) is 5.25. The zero-order valence-corrected chi connectivity index (χ0v) is 12.6. The summed E-state index contributed by atoms with van der Waals surface area (Å²) in [4.78, 5) is 14.1. The molecule has 0 radical (unpaired) electrons. The molecule has 1 unspecified atom stereocenters. The third kappa shape index (κ3) is 3.25. The second kappa shape index (κ2) is 6.46. The van der Waals surface area contributed by atoms with Crippen LogP contribution in [-0.2, 0) is 4.79 Å². The number of hydrogen-bond acceptors (Lipinski definition) is 3. The van der Waals surface area contributed by atoms with Gasteiger partial charge in [-0.05, 0) is 50.5 Å². The first-order chi connectivity index (χ1) is 9.52. The first-order valence-electron chi connectivity index (χ1n) is 6.87. The molecule has 0 saturated carbocycles. The van der Waals surface area contributed by atoms with Gasteiger partial charge in [0.05, 0.1) is 12.6 Å². The summed E-state index contributed by atoms with van der Waals surface area (Å²) >= 11 is 5.90. The van der Waals surface area contributed by atoms with Gasteiger partial charge in [0.15, 0.2) is 6.10 Å². The highest BCUT2D eigenvalue weighted by atomic mass is 35.5. The number of amides is 1. The summed E-state index contributed by atoms with van der Waals surface area (Å²) in [5.41, 5.74) is 0.900. The van der Waals surface area contributed by atoms with Crippen LogP contribution in [0.4, 0.5) is 0 Å². The monoisotopic (exact) mass is 297 g/mol. The molecule has 0 bridgehead atoms. The van der Waals surface area contributed by atoms with Crippen molar-refractivity contribution in [1.29, 1.82) is 0 Å². The average molecular weight is 298 g/mol. The van der Waals surface area contributed by atoms with Gasteiger partial charge in [-0.15, -0.1) is 0 Å². The van der Waals surface area contributed by atoms with Gasteiger partial charge in [0.2, 0.25) is 0 Å². The minimum Gasteiger partial charge on any atom is -0.481 e. The van der Waals surface area contributed by atoms with E-state index in [1.165, 1.54) is 0 Å². The number of carbonyl (C=O) groups is 1. The molecule has 110 valence electrons. The maximum Gasteiger partial charge on any atom is 0.263 e. The molecule has 0 spiro atoms. The van der Waals surface area contributed by atoms with Crippen LogP contribution < -0.4 is 4.74 Å². The van der Waals surface area contributed by atoms with Crippen molar-refractivity contribution in [2.75, 3.05) is 13.2 Å². The number of nitrogens with zero attached hydrogens (tertiary/aromatic N) is 1. The largest absolute Gasteiger partial charge is 0.481 e. The third-order valence-electron chi connectivity index (χ3n) is 3.66. The van der Waals surface area contributed by atoms with Crippen LogP contribution in [0.3, 0.4) is 0 Å². The number of halogens is 1. The van der Waals surface area contributed by atoms with Gasteiger partial charge in [-0.2, -0.15) is 0 Å². The lowest BCUT2D eigenvalue weighted by Gasteiger charge is -2.26. The molecule has 1 aliphatic rings. The summed E-state index contributed by atoms with van der Waals surface area (Å²) in [6.07, 6.45) is 1.22. The molecule has 2 atom stereocenters. The van der Waals surface area contributed by atoms with Crippen LogP contribution in [0.25, 0.3) is 0 Å². The third-order valence-corrected chi connectivity index (χ3v) is 3.89. The van der Waals surface area contributed by atoms with E-state index in [1.54, 1.807) is 30.0 Å². The second-order valence-electron chi connectivity index (χ2n) is 5.18. The van der Waals surface area contributed by atoms with Gasteiger partial charge < -0.3 is 14.7 Å². The van der Waals surface area contributed by atoms with Crippen LogP contribution in [0, 0.1) is 6.92 Å². The van der Waals surface area contributed by atoms with E-state index < -0.39 is 6.10 Å². The number of hydrogen-bond donors (Lipinski definition) is 1. The molecule has 0 aromatic heterocycles. The number of aliphatic hydroxyl groups is 1. The summed E-state index contributed by atoms with van der Waals surface area (Å²) in [6.45, 7) is 4.34. The second-order valence-corrected chi connectivity index (χ2v) is 5.62. The van der Waals surface area contributed by atoms with Crippen LogP contribution in [0.5, 0.6) is 5.75 Å². The Morgan fingerprint density at radius 1 is 1.60 bits per heavy atom. The summed E-state index contributed by atoms with van der Waals surface area (Å²) in [7, 11) is 0.